The summed E-state index contributed by atoms with van der Waals surface area (Å²) in [5.41, 5.74) is 1.18. The van der Waals surface area contributed by atoms with Crippen LogP contribution in [-0.2, 0) is 6.54 Å². The molecular weight excluding hydrogens is 332 g/mol. The summed E-state index contributed by atoms with van der Waals surface area (Å²) in [6.07, 6.45) is 4.34. The van der Waals surface area contributed by atoms with Gasteiger partial charge in [-0.15, -0.1) is 0 Å². The molecule has 1 saturated carbocycles. The van der Waals surface area contributed by atoms with Gasteiger partial charge in [0.1, 0.15) is 11.5 Å². The Morgan fingerprint density at radius 2 is 2.14 bits per heavy atom. The Hall–Kier alpha value is -1.59. The van der Waals surface area contributed by atoms with E-state index in [9.17, 15) is 0 Å². The van der Waals surface area contributed by atoms with Crippen molar-refractivity contribution in [1.82, 2.24) is 10.3 Å². The number of rotatable bonds is 6. The predicted molar refractivity (Wildman–Crippen MR) is 84.9 cm³/mol. The fraction of sp³-hybridized carbons (Fsp3) is 0.312. The number of pyridine rings is 1. The lowest BCUT2D eigenvalue weighted by molar-refractivity contribution is 0.411. The van der Waals surface area contributed by atoms with Crippen molar-refractivity contribution >= 4 is 15.9 Å². The van der Waals surface area contributed by atoms with Crippen molar-refractivity contribution in [3.8, 4) is 17.4 Å². The van der Waals surface area contributed by atoms with Gasteiger partial charge in [0, 0.05) is 24.8 Å². The SMILES string of the molecule is COc1ccc(Oc2cc(CNC3CC3)ccn2)c(Br)c1. The van der Waals surface area contributed by atoms with E-state index < -0.39 is 0 Å². The first kappa shape index (κ1) is 14.4. The highest BCUT2D eigenvalue weighted by Crippen LogP contribution is 2.32. The quantitative estimate of drug-likeness (QED) is 0.859. The van der Waals surface area contributed by atoms with Crippen molar-refractivity contribution in [2.45, 2.75) is 25.4 Å². The molecule has 0 radical (unpaired) electrons. The van der Waals surface area contributed by atoms with E-state index in [0.717, 1.165) is 22.5 Å². The number of aromatic nitrogens is 1. The largest absolute Gasteiger partial charge is 0.497 e. The summed E-state index contributed by atoms with van der Waals surface area (Å²) in [5, 5.41) is 3.48. The summed E-state index contributed by atoms with van der Waals surface area (Å²) in [6.45, 7) is 0.854. The second kappa shape index (κ2) is 6.45. The molecule has 21 heavy (non-hydrogen) atoms. The van der Waals surface area contributed by atoms with Gasteiger partial charge in [-0.05, 0) is 58.6 Å². The van der Waals surface area contributed by atoms with Crippen molar-refractivity contribution in [2.75, 3.05) is 7.11 Å². The van der Waals surface area contributed by atoms with E-state index in [2.05, 4.69) is 26.2 Å². The molecule has 0 amide bonds. The number of hydrogen-bond donors (Lipinski definition) is 1. The molecule has 1 N–H and O–H groups in total. The lowest BCUT2D eigenvalue weighted by Crippen LogP contribution is -2.15. The van der Waals surface area contributed by atoms with Gasteiger partial charge in [-0.2, -0.15) is 0 Å². The maximum atomic E-state index is 5.83. The monoisotopic (exact) mass is 348 g/mol. The number of halogens is 1. The number of benzene rings is 1. The van der Waals surface area contributed by atoms with Crippen LogP contribution < -0.4 is 14.8 Å². The average molecular weight is 349 g/mol. The van der Waals surface area contributed by atoms with Crippen LogP contribution in [0.15, 0.2) is 41.0 Å². The molecule has 1 heterocycles. The van der Waals surface area contributed by atoms with Gasteiger partial charge in [0.15, 0.2) is 0 Å². The molecule has 0 unspecified atom stereocenters. The predicted octanol–water partition coefficient (Wildman–Crippen LogP) is 3.90. The third-order valence-corrected chi connectivity index (χ3v) is 3.94. The molecule has 1 aliphatic rings. The minimum Gasteiger partial charge on any atom is -0.497 e. The van der Waals surface area contributed by atoms with Crippen LogP contribution in [0, 0.1) is 0 Å². The van der Waals surface area contributed by atoms with Crippen LogP contribution in [-0.4, -0.2) is 18.1 Å². The first-order chi connectivity index (χ1) is 10.2. The van der Waals surface area contributed by atoms with Crippen molar-refractivity contribution in [1.29, 1.82) is 0 Å². The molecule has 0 saturated heterocycles. The molecule has 2 aromatic rings. The highest BCUT2D eigenvalue weighted by molar-refractivity contribution is 9.10. The van der Waals surface area contributed by atoms with Crippen molar-refractivity contribution < 1.29 is 9.47 Å². The van der Waals surface area contributed by atoms with E-state index in [0.29, 0.717) is 11.9 Å². The minimum atomic E-state index is 0.593. The number of nitrogens with zero attached hydrogens (tertiary/aromatic N) is 1. The molecule has 4 nitrogen and oxygen atoms in total. The van der Waals surface area contributed by atoms with Crippen LogP contribution in [0.1, 0.15) is 18.4 Å². The van der Waals surface area contributed by atoms with Gasteiger partial charge < -0.3 is 14.8 Å². The minimum absolute atomic E-state index is 0.593. The van der Waals surface area contributed by atoms with Gasteiger partial charge in [-0.3, -0.25) is 0 Å². The number of methoxy groups -OCH3 is 1. The molecule has 110 valence electrons. The second-order valence-corrected chi connectivity index (χ2v) is 5.91. The Balaban J connectivity index is 1.70. The third kappa shape index (κ3) is 3.95. The standard InChI is InChI=1S/C16H17BrN2O2/c1-20-13-4-5-15(14(17)9-13)21-16-8-11(6-7-18-16)10-19-12-2-3-12/h4-9,12,19H,2-3,10H2,1H3. The van der Waals surface area contributed by atoms with Gasteiger partial charge >= 0.3 is 0 Å². The van der Waals surface area contributed by atoms with Crippen LogP contribution in [0.25, 0.3) is 0 Å². The lowest BCUT2D eigenvalue weighted by Gasteiger charge is -2.09. The van der Waals surface area contributed by atoms with Crippen LogP contribution >= 0.6 is 15.9 Å². The molecule has 5 heteroatoms. The van der Waals surface area contributed by atoms with Crippen LogP contribution in [0.2, 0.25) is 0 Å². The average Bonchev–Trinajstić information content (AvgIpc) is 3.32. The first-order valence-corrected chi connectivity index (χ1v) is 7.73. The second-order valence-electron chi connectivity index (χ2n) is 5.06. The van der Waals surface area contributed by atoms with Crippen molar-refractivity contribution in [3.63, 3.8) is 0 Å². The maximum Gasteiger partial charge on any atom is 0.219 e. The summed E-state index contributed by atoms with van der Waals surface area (Å²) in [4.78, 5) is 4.26. The highest BCUT2D eigenvalue weighted by atomic mass is 79.9. The maximum absolute atomic E-state index is 5.83. The van der Waals surface area contributed by atoms with Gasteiger partial charge in [-0.25, -0.2) is 4.98 Å². The molecule has 3 rings (SSSR count). The zero-order chi connectivity index (χ0) is 14.7. The Labute approximate surface area is 132 Å². The summed E-state index contributed by atoms with van der Waals surface area (Å²) in [5.74, 6) is 2.09. The van der Waals surface area contributed by atoms with E-state index in [4.69, 9.17) is 9.47 Å². The third-order valence-electron chi connectivity index (χ3n) is 3.33. The molecule has 1 aliphatic carbocycles. The summed E-state index contributed by atoms with van der Waals surface area (Å²) in [7, 11) is 1.64. The van der Waals surface area contributed by atoms with E-state index >= 15 is 0 Å². The van der Waals surface area contributed by atoms with Gasteiger partial charge in [0.05, 0.1) is 11.6 Å². The molecule has 0 aliphatic heterocycles. The fourth-order valence-electron chi connectivity index (χ4n) is 1.97. The molecule has 1 aromatic heterocycles. The molecule has 0 atom stereocenters. The summed E-state index contributed by atoms with van der Waals surface area (Å²) in [6, 6.07) is 10.3. The van der Waals surface area contributed by atoms with E-state index in [1.807, 2.05) is 30.3 Å². The van der Waals surface area contributed by atoms with Crippen LogP contribution in [0.5, 0.6) is 17.4 Å². The smallest absolute Gasteiger partial charge is 0.219 e. The Kier molecular flexibility index (Phi) is 4.41. The zero-order valence-electron chi connectivity index (χ0n) is 11.8. The van der Waals surface area contributed by atoms with Gasteiger partial charge in [-0.1, -0.05) is 0 Å². The van der Waals surface area contributed by atoms with Crippen molar-refractivity contribution in [2.24, 2.45) is 0 Å². The first-order valence-electron chi connectivity index (χ1n) is 6.94. The van der Waals surface area contributed by atoms with Crippen LogP contribution in [0.3, 0.4) is 0 Å². The molecule has 0 bridgehead atoms. The summed E-state index contributed by atoms with van der Waals surface area (Å²) >= 11 is 3.48. The van der Waals surface area contributed by atoms with Gasteiger partial charge in [0.25, 0.3) is 0 Å². The molecule has 0 spiro atoms. The lowest BCUT2D eigenvalue weighted by atomic mass is 10.2. The number of nitrogens with one attached hydrogen (secondary N) is 1. The Morgan fingerprint density at radius 1 is 1.29 bits per heavy atom. The summed E-state index contributed by atoms with van der Waals surface area (Å²) < 4.78 is 11.8. The fourth-order valence-corrected chi connectivity index (χ4v) is 2.41. The van der Waals surface area contributed by atoms with E-state index in [1.54, 1.807) is 13.3 Å². The molecule has 1 aromatic carbocycles. The number of hydrogen-bond acceptors (Lipinski definition) is 4. The zero-order valence-corrected chi connectivity index (χ0v) is 13.4. The highest BCUT2D eigenvalue weighted by Gasteiger charge is 2.20. The molecular formula is C16H17BrN2O2. The molecule has 1 fully saturated rings. The Morgan fingerprint density at radius 3 is 2.86 bits per heavy atom. The Bertz CT molecular complexity index is 629. The van der Waals surface area contributed by atoms with Crippen LogP contribution in [0.4, 0.5) is 0 Å². The van der Waals surface area contributed by atoms with E-state index in [-0.39, 0.29) is 0 Å². The normalized spacial score (nSPS) is 14.0. The number of ether oxygens (including phenoxy) is 2. The van der Waals surface area contributed by atoms with E-state index in [1.165, 1.54) is 18.4 Å². The van der Waals surface area contributed by atoms with Gasteiger partial charge in [0.2, 0.25) is 5.88 Å². The topological polar surface area (TPSA) is 43.4 Å². The van der Waals surface area contributed by atoms with Crippen molar-refractivity contribution in [3.05, 3.63) is 46.6 Å².